The van der Waals surface area contributed by atoms with Gasteiger partial charge in [-0.1, -0.05) is 13.8 Å². The van der Waals surface area contributed by atoms with E-state index < -0.39 is 5.79 Å². The van der Waals surface area contributed by atoms with E-state index in [0.29, 0.717) is 12.0 Å². The van der Waals surface area contributed by atoms with E-state index in [2.05, 4.69) is 13.8 Å². The van der Waals surface area contributed by atoms with Crippen molar-refractivity contribution >= 4 is 6.15 Å². The largest absolute Gasteiger partial charge is 0.373 e. The Kier molecular flexibility index (Phi) is 4.83. The van der Waals surface area contributed by atoms with Crippen molar-refractivity contribution in [3.8, 4) is 0 Å². The van der Waals surface area contributed by atoms with Crippen molar-refractivity contribution in [1.29, 1.82) is 0 Å². The Bertz CT molecular complexity index is 283. The molecule has 2 fully saturated rings. The maximum Gasteiger partial charge on any atom is 0.373 e. The van der Waals surface area contributed by atoms with Gasteiger partial charge in [-0.05, 0) is 26.7 Å². The number of carbonyl (C=O) groups excluding carboxylic acids is 2. The molecule has 0 aromatic rings. The van der Waals surface area contributed by atoms with E-state index in [1.807, 2.05) is 13.8 Å². The first-order chi connectivity index (χ1) is 7.99. The van der Waals surface area contributed by atoms with Gasteiger partial charge in [0.1, 0.15) is 6.10 Å². The molecule has 5 nitrogen and oxygen atoms in total. The van der Waals surface area contributed by atoms with Crippen LogP contribution in [-0.2, 0) is 23.8 Å². The first-order valence-electron chi connectivity index (χ1n) is 5.99. The highest BCUT2D eigenvalue weighted by atomic mass is 16.8. The molecule has 2 aliphatic heterocycles. The van der Waals surface area contributed by atoms with Crippen LogP contribution in [0.1, 0.15) is 40.5 Å². The van der Waals surface area contributed by atoms with Crippen LogP contribution in [0.15, 0.2) is 0 Å². The molecular weight excluding hydrogens is 224 g/mol. The third-order valence-corrected chi connectivity index (χ3v) is 3.17. The molecule has 0 aliphatic carbocycles. The van der Waals surface area contributed by atoms with Gasteiger partial charge in [-0.15, -0.1) is 0 Å². The van der Waals surface area contributed by atoms with Crippen molar-refractivity contribution < 1.29 is 23.8 Å². The molecular formula is C12H20O5. The maximum atomic E-state index is 8.12. The van der Waals surface area contributed by atoms with Gasteiger partial charge in [0.2, 0.25) is 0 Å². The maximum absolute atomic E-state index is 8.12. The van der Waals surface area contributed by atoms with Crippen LogP contribution < -0.4 is 0 Å². The lowest BCUT2D eigenvalue weighted by Crippen LogP contribution is -2.29. The zero-order valence-corrected chi connectivity index (χ0v) is 10.8. The van der Waals surface area contributed by atoms with E-state index in [1.54, 1.807) is 0 Å². The van der Waals surface area contributed by atoms with E-state index >= 15 is 0 Å². The minimum Gasteiger partial charge on any atom is -0.346 e. The highest BCUT2D eigenvalue weighted by molar-refractivity contribution is 5.20. The van der Waals surface area contributed by atoms with Gasteiger partial charge in [-0.25, -0.2) is 0 Å². The summed E-state index contributed by atoms with van der Waals surface area (Å²) in [4.78, 5) is 16.2. The Labute approximate surface area is 101 Å². The zero-order chi connectivity index (χ0) is 13.1. The Morgan fingerprint density at radius 1 is 1.12 bits per heavy atom. The summed E-state index contributed by atoms with van der Waals surface area (Å²) in [6, 6.07) is 0. The summed E-state index contributed by atoms with van der Waals surface area (Å²) in [5, 5.41) is 0. The smallest absolute Gasteiger partial charge is 0.346 e. The van der Waals surface area contributed by atoms with Crippen LogP contribution >= 0.6 is 0 Å². The third-order valence-electron chi connectivity index (χ3n) is 3.17. The van der Waals surface area contributed by atoms with Gasteiger partial charge in [-0.3, -0.25) is 0 Å². The van der Waals surface area contributed by atoms with Gasteiger partial charge < -0.3 is 14.2 Å². The van der Waals surface area contributed by atoms with Gasteiger partial charge >= 0.3 is 6.15 Å². The quantitative estimate of drug-likeness (QED) is 0.740. The standard InChI is InChI=1S/C11H20O3.CO2/c1-5-7-8(6-2)12-10-9(7)13-11(3,4)14-10;2-1-3/h7-10H,5-6H2,1-4H3;/t7-,8+,9?,10+;/m0./s1. The summed E-state index contributed by atoms with van der Waals surface area (Å²) in [6.45, 7) is 8.23. The molecule has 0 bridgehead atoms. The minimum absolute atomic E-state index is 0.139. The molecule has 2 saturated heterocycles. The highest BCUT2D eigenvalue weighted by Crippen LogP contribution is 2.42. The fraction of sp³-hybridized carbons (Fsp3) is 0.917. The van der Waals surface area contributed by atoms with Gasteiger partial charge in [0.05, 0.1) is 6.10 Å². The second-order valence-corrected chi connectivity index (χ2v) is 4.71. The van der Waals surface area contributed by atoms with E-state index in [1.165, 1.54) is 0 Å². The SMILES string of the molecule is CC[C@@H]1C2OC(C)(C)O[C@H]2O[C@@H]1CC.O=C=O. The van der Waals surface area contributed by atoms with Crippen LogP contribution in [0.4, 0.5) is 0 Å². The molecule has 2 heterocycles. The number of rotatable bonds is 2. The number of hydrogen-bond donors (Lipinski definition) is 0. The third kappa shape index (κ3) is 3.13. The molecule has 17 heavy (non-hydrogen) atoms. The fourth-order valence-corrected chi connectivity index (χ4v) is 2.53. The second-order valence-electron chi connectivity index (χ2n) is 4.71. The summed E-state index contributed by atoms with van der Waals surface area (Å²) >= 11 is 0. The van der Waals surface area contributed by atoms with Crippen LogP contribution in [0.5, 0.6) is 0 Å². The normalized spacial score (nSPS) is 37.9. The fourth-order valence-electron chi connectivity index (χ4n) is 2.53. The number of fused-ring (bicyclic) bond motifs is 1. The second kappa shape index (κ2) is 5.74. The van der Waals surface area contributed by atoms with Crippen LogP contribution in [0.2, 0.25) is 0 Å². The van der Waals surface area contributed by atoms with Crippen molar-refractivity contribution in [3.63, 3.8) is 0 Å². The van der Waals surface area contributed by atoms with Crippen LogP contribution in [0.25, 0.3) is 0 Å². The predicted molar refractivity (Wildman–Crippen MR) is 57.8 cm³/mol. The van der Waals surface area contributed by atoms with Gasteiger partial charge in [0.25, 0.3) is 0 Å². The number of ether oxygens (including phenoxy) is 3. The molecule has 0 amide bonds. The van der Waals surface area contributed by atoms with E-state index in [-0.39, 0.29) is 18.5 Å². The molecule has 2 aliphatic rings. The minimum atomic E-state index is -0.471. The Balaban J connectivity index is 0.000000437. The average molecular weight is 244 g/mol. The summed E-state index contributed by atoms with van der Waals surface area (Å²) in [5.41, 5.74) is 0. The summed E-state index contributed by atoms with van der Waals surface area (Å²) < 4.78 is 17.4. The monoisotopic (exact) mass is 244 g/mol. The van der Waals surface area contributed by atoms with Crippen molar-refractivity contribution in [3.05, 3.63) is 0 Å². The van der Waals surface area contributed by atoms with Gasteiger partial charge in [0.15, 0.2) is 12.1 Å². The van der Waals surface area contributed by atoms with Gasteiger partial charge in [0, 0.05) is 5.92 Å². The average Bonchev–Trinajstić information content (AvgIpc) is 2.69. The van der Waals surface area contributed by atoms with Gasteiger partial charge in [-0.2, -0.15) is 9.59 Å². The van der Waals surface area contributed by atoms with Crippen molar-refractivity contribution in [1.82, 2.24) is 0 Å². The van der Waals surface area contributed by atoms with Crippen LogP contribution in [-0.4, -0.2) is 30.4 Å². The molecule has 0 radical (unpaired) electrons. The first-order valence-corrected chi connectivity index (χ1v) is 5.99. The summed E-state index contributed by atoms with van der Waals surface area (Å²) in [6.07, 6.45) is 2.70. The Morgan fingerprint density at radius 2 is 1.71 bits per heavy atom. The predicted octanol–water partition coefficient (Wildman–Crippen LogP) is 1.72. The summed E-state index contributed by atoms with van der Waals surface area (Å²) in [7, 11) is 0. The molecule has 0 saturated carbocycles. The molecule has 98 valence electrons. The van der Waals surface area contributed by atoms with E-state index in [0.717, 1.165) is 12.8 Å². The van der Waals surface area contributed by atoms with Crippen molar-refractivity contribution in [2.24, 2.45) is 5.92 Å². The number of hydrogen-bond acceptors (Lipinski definition) is 5. The Hall–Kier alpha value is -0.740. The molecule has 0 aromatic carbocycles. The molecule has 4 atom stereocenters. The molecule has 2 rings (SSSR count). The zero-order valence-electron chi connectivity index (χ0n) is 10.8. The Morgan fingerprint density at radius 3 is 2.18 bits per heavy atom. The molecule has 0 spiro atoms. The lowest BCUT2D eigenvalue weighted by atomic mass is 9.94. The lowest BCUT2D eigenvalue weighted by molar-refractivity contribution is -0.210. The highest BCUT2D eigenvalue weighted by Gasteiger charge is 2.53. The topological polar surface area (TPSA) is 61.8 Å². The van der Waals surface area contributed by atoms with E-state index in [4.69, 9.17) is 23.8 Å². The lowest BCUT2D eigenvalue weighted by Gasteiger charge is -2.24. The van der Waals surface area contributed by atoms with Crippen LogP contribution in [0, 0.1) is 5.92 Å². The van der Waals surface area contributed by atoms with Crippen LogP contribution in [0.3, 0.4) is 0 Å². The van der Waals surface area contributed by atoms with Crippen molar-refractivity contribution in [2.45, 2.75) is 64.8 Å². The van der Waals surface area contributed by atoms with Crippen molar-refractivity contribution in [2.75, 3.05) is 0 Å². The van der Waals surface area contributed by atoms with E-state index in [9.17, 15) is 0 Å². The first kappa shape index (κ1) is 14.3. The molecule has 5 heteroatoms. The molecule has 1 unspecified atom stereocenters. The molecule has 0 aromatic heterocycles. The summed E-state index contributed by atoms with van der Waals surface area (Å²) in [5.74, 6) is 0.0216. The molecule has 0 N–H and O–H groups in total.